The first-order valence-corrected chi connectivity index (χ1v) is 12.6. The van der Waals surface area contributed by atoms with E-state index in [1.54, 1.807) is 0 Å². The summed E-state index contributed by atoms with van der Waals surface area (Å²) in [6.07, 6.45) is 19.3. The molecular weight excluding hydrogens is 376 g/mol. The topological polar surface area (TPSA) is 110 Å². The molecule has 0 aliphatic carbocycles. The molecule has 0 saturated heterocycles. The summed E-state index contributed by atoms with van der Waals surface area (Å²) in [6.45, 7) is 3.14. The van der Waals surface area contributed by atoms with Crippen molar-refractivity contribution in [1.82, 2.24) is 10.6 Å². The summed E-state index contributed by atoms with van der Waals surface area (Å²) in [5, 5.41) is 6.05. The molecule has 0 radical (unpaired) electrons. The lowest BCUT2D eigenvalue weighted by Crippen LogP contribution is -2.24. The summed E-state index contributed by atoms with van der Waals surface area (Å²) in [5.74, 6) is 0.389. The van der Waals surface area contributed by atoms with Crippen LogP contribution in [0, 0.1) is 0 Å². The first-order valence-electron chi connectivity index (χ1n) is 12.6. The number of rotatable bonds is 23. The number of carbonyl (C=O) groups excluding carboxylic acids is 2. The number of hydrogen-bond acceptors (Lipinski definition) is 4. The van der Waals surface area contributed by atoms with Crippen molar-refractivity contribution >= 4 is 11.8 Å². The van der Waals surface area contributed by atoms with Gasteiger partial charge in [-0.25, -0.2) is 0 Å². The zero-order valence-corrected chi connectivity index (χ0v) is 19.5. The highest BCUT2D eigenvalue weighted by molar-refractivity contribution is 5.76. The predicted octanol–water partition coefficient (Wildman–Crippen LogP) is 4.16. The molecule has 0 aromatic carbocycles. The molecule has 0 bridgehead atoms. The summed E-state index contributed by atoms with van der Waals surface area (Å²) < 4.78 is 0. The Hall–Kier alpha value is -1.14. The SMILES string of the molecule is NCCCCCCCC(=O)NCCCCCCCCNC(=O)CCCCCCCN. The number of nitrogens with one attached hydrogen (secondary N) is 2. The van der Waals surface area contributed by atoms with Gasteiger partial charge < -0.3 is 22.1 Å². The van der Waals surface area contributed by atoms with Crippen LogP contribution in [0.15, 0.2) is 0 Å². The van der Waals surface area contributed by atoms with E-state index in [0.717, 1.165) is 90.4 Å². The summed E-state index contributed by atoms with van der Waals surface area (Å²) in [7, 11) is 0. The van der Waals surface area contributed by atoms with Gasteiger partial charge in [0.2, 0.25) is 11.8 Å². The van der Waals surface area contributed by atoms with Crippen LogP contribution < -0.4 is 22.1 Å². The van der Waals surface area contributed by atoms with Gasteiger partial charge >= 0.3 is 0 Å². The number of unbranched alkanes of at least 4 members (excludes halogenated alkanes) is 13. The lowest BCUT2D eigenvalue weighted by atomic mass is 10.1. The second kappa shape index (κ2) is 24.1. The van der Waals surface area contributed by atoms with E-state index in [1.807, 2.05) is 0 Å². The van der Waals surface area contributed by atoms with Crippen LogP contribution >= 0.6 is 0 Å². The monoisotopic (exact) mass is 426 g/mol. The number of carbonyl (C=O) groups is 2. The Balaban J connectivity index is 3.23. The molecule has 6 nitrogen and oxygen atoms in total. The first kappa shape index (κ1) is 28.9. The Labute approximate surface area is 185 Å². The third-order valence-electron chi connectivity index (χ3n) is 5.46. The maximum absolute atomic E-state index is 11.7. The molecule has 6 heteroatoms. The molecule has 0 fully saturated rings. The second-order valence-corrected chi connectivity index (χ2v) is 8.43. The van der Waals surface area contributed by atoms with Crippen molar-refractivity contribution in [3.05, 3.63) is 0 Å². The van der Waals surface area contributed by atoms with Gasteiger partial charge in [0.25, 0.3) is 0 Å². The Morgan fingerprint density at radius 3 is 1.10 bits per heavy atom. The predicted molar refractivity (Wildman–Crippen MR) is 127 cm³/mol. The highest BCUT2D eigenvalue weighted by Gasteiger charge is 2.02. The molecule has 0 aliphatic heterocycles. The minimum absolute atomic E-state index is 0.195. The fourth-order valence-electron chi connectivity index (χ4n) is 3.51. The van der Waals surface area contributed by atoms with Gasteiger partial charge in [-0.3, -0.25) is 9.59 Å². The Morgan fingerprint density at radius 1 is 0.433 bits per heavy atom. The molecule has 0 aliphatic rings. The molecule has 0 saturated carbocycles. The molecule has 6 N–H and O–H groups in total. The van der Waals surface area contributed by atoms with Crippen molar-refractivity contribution in [2.75, 3.05) is 26.2 Å². The standard InChI is InChI=1S/C24H50N4O2/c25-19-13-7-3-5-11-17-23(29)27-21-15-9-1-2-10-16-22-28-24(30)18-12-6-4-8-14-20-26/h1-22,25-26H2,(H,27,29)(H,28,30). The van der Waals surface area contributed by atoms with E-state index in [0.29, 0.717) is 12.8 Å². The quantitative estimate of drug-likeness (QED) is 0.184. The molecule has 0 aromatic rings. The normalized spacial score (nSPS) is 10.9. The van der Waals surface area contributed by atoms with E-state index in [4.69, 9.17) is 11.5 Å². The van der Waals surface area contributed by atoms with Gasteiger partial charge in [-0.15, -0.1) is 0 Å². The molecule has 2 amide bonds. The molecule has 30 heavy (non-hydrogen) atoms. The highest BCUT2D eigenvalue weighted by atomic mass is 16.2. The van der Waals surface area contributed by atoms with E-state index in [2.05, 4.69) is 10.6 Å². The maximum Gasteiger partial charge on any atom is 0.219 e. The zero-order chi connectivity index (χ0) is 22.1. The summed E-state index contributed by atoms with van der Waals surface area (Å²) >= 11 is 0. The average Bonchev–Trinajstić information content (AvgIpc) is 2.74. The summed E-state index contributed by atoms with van der Waals surface area (Å²) in [6, 6.07) is 0. The van der Waals surface area contributed by atoms with Gasteiger partial charge in [0, 0.05) is 25.9 Å². The van der Waals surface area contributed by atoms with Crippen LogP contribution in [0.5, 0.6) is 0 Å². The minimum Gasteiger partial charge on any atom is -0.356 e. The fraction of sp³-hybridized carbons (Fsp3) is 0.917. The van der Waals surface area contributed by atoms with Crippen LogP contribution in [0.4, 0.5) is 0 Å². The van der Waals surface area contributed by atoms with Crippen molar-refractivity contribution in [2.24, 2.45) is 11.5 Å². The van der Waals surface area contributed by atoms with Gasteiger partial charge in [0.15, 0.2) is 0 Å². The maximum atomic E-state index is 11.7. The van der Waals surface area contributed by atoms with Crippen LogP contribution in [-0.2, 0) is 9.59 Å². The van der Waals surface area contributed by atoms with Gasteiger partial charge in [0.05, 0.1) is 0 Å². The molecule has 0 atom stereocenters. The Morgan fingerprint density at radius 2 is 0.733 bits per heavy atom. The van der Waals surface area contributed by atoms with Crippen LogP contribution in [-0.4, -0.2) is 38.0 Å². The van der Waals surface area contributed by atoms with E-state index in [9.17, 15) is 9.59 Å². The van der Waals surface area contributed by atoms with Crippen LogP contribution in [0.25, 0.3) is 0 Å². The first-order chi connectivity index (χ1) is 14.7. The third kappa shape index (κ3) is 23.1. The van der Waals surface area contributed by atoms with Crippen LogP contribution in [0.1, 0.15) is 116 Å². The average molecular weight is 427 g/mol. The Kier molecular flexibility index (Phi) is 23.2. The number of hydrogen-bond donors (Lipinski definition) is 4. The molecule has 0 aromatic heterocycles. The van der Waals surface area contributed by atoms with Gasteiger partial charge in [-0.05, 0) is 51.6 Å². The highest BCUT2D eigenvalue weighted by Crippen LogP contribution is 2.07. The Bertz CT molecular complexity index is 355. The van der Waals surface area contributed by atoms with Gasteiger partial charge in [-0.2, -0.15) is 0 Å². The molecule has 0 heterocycles. The largest absolute Gasteiger partial charge is 0.356 e. The second-order valence-electron chi connectivity index (χ2n) is 8.43. The lowest BCUT2D eigenvalue weighted by molar-refractivity contribution is -0.122. The molecular formula is C24H50N4O2. The lowest BCUT2D eigenvalue weighted by Gasteiger charge is -2.06. The van der Waals surface area contributed by atoms with Gasteiger partial charge in [-0.1, -0.05) is 64.2 Å². The van der Waals surface area contributed by atoms with Crippen molar-refractivity contribution in [3.63, 3.8) is 0 Å². The smallest absolute Gasteiger partial charge is 0.219 e. The van der Waals surface area contributed by atoms with Gasteiger partial charge in [0.1, 0.15) is 0 Å². The molecule has 0 spiro atoms. The van der Waals surface area contributed by atoms with Crippen molar-refractivity contribution in [2.45, 2.75) is 116 Å². The third-order valence-corrected chi connectivity index (χ3v) is 5.46. The minimum atomic E-state index is 0.195. The molecule has 178 valence electrons. The van der Waals surface area contributed by atoms with Crippen LogP contribution in [0.2, 0.25) is 0 Å². The van der Waals surface area contributed by atoms with Crippen LogP contribution in [0.3, 0.4) is 0 Å². The van der Waals surface area contributed by atoms with Crippen molar-refractivity contribution in [1.29, 1.82) is 0 Å². The van der Waals surface area contributed by atoms with E-state index in [1.165, 1.54) is 38.5 Å². The molecule has 0 rings (SSSR count). The van der Waals surface area contributed by atoms with Crippen molar-refractivity contribution < 1.29 is 9.59 Å². The fourth-order valence-corrected chi connectivity index (χ4v) is 3.51. The van der Waals surface area contributed by atoms with Crippen molar-refractivity contribution in [3.8, 4) is 0 Å². The number of amides is 2. The van der Waals surface area contributed by atoms with E-state index < -0.39 is 0 Å². The molecule has 0 unspecified atom stereocenters. The van der Waals surface area contributed by atoms with E-state index >= 15 is 0 Å². The number of nitrogens with two attached hydrogens (primary N) is 2. The summed E-state index contributed by atoms with van der Waals surface area (Å²) in [5.41, 5.74) is 10.9. The summed E-state index contributed by atoms with van der Waals surface area (Å²) in [4.78, 5) is 23.5. The van der Waals surface area contributed by atoms with E-state index in [-0.39, 0.29) is 11.8 Å². The zero-order valence-electron chi connectivity index (χ0n) is 19.5.